The molecular formula is C23H32O11. The average Bonchev–Trinajstić information content (AvgIpc) is 2.78. The molecule has 11 nitrogen and oxygen atoms in total. The van der Waals surface area contributed by atoms with E-state index < -0.39 is 49.3 Å². The molecular weight excluding hydrogens is 452 g/mol. The molecule has 2 heterocycles. The van der Waals surface area contributed by atoms with Crippen LogP contribution >= 0.6 is 0 Å². The summed E-state index contributed by atoms with van der Waals surface area (Å²) in [5.41, 5.74) is 0.454. The Hall–Kier alpha value is -2.09. The molecule has 0 fully saturated rings. The van der Waals surface area contributed by atoms with Gasteiger partial charge in [-0.1, -0.05) is 0 Å². The predicted octanol–water partition coefficient (Wildman–Crippen LogP) is -0.898. The van der Waals surface area contributed by atoms with Gasteiger partial charge in [-0.25, -0.2) is 9.78 Å². The highest BCUT2D eigenvalue weighted by molar-refractivity contribution is 5.84. The summed E-state index contributed by atoms with van der Waals surface area (Å²) in [6.45, 7) is 3.69. The molecule has 34 heavy (non-hydrogen) atoms. The lowest BCUT2D eigenvalue weighted by Crippen LogP contribution is -2.49. The molecule has 6 N–H and O–H groups in total. The second-order valence-corrected chi connectivity index (χ2v) is 8.99. The molecule has 0 saturated carbocycles. The highest BCUT2D eigenvalue weighted by Crippen LogP contribution is 2.41. The summed E-state index contributed by atoms with van der Waals surface area (Å²) in [7, 11) is 0. The molecule has 3 rings (SSSR count). The topological polar surface area (TPSA) is 179 Å². The van der Waals surface area contributed by atoms with Gasteiger partial charge in [0.15, 0.2) is 5.43 Å². The zero-order valence-corrected chi connectivity index (χ0v) is 19.3. The first-order valence-electron chi connectivity index (χ1n) is 11.0. The smallest absolute Gasteiger partial charge is 0.192 e. The SMILES string of the molecule is Cc1cc(=O)c2cc3c(c(CCO)c2o1)OC(C)(C)C(OOCC(O)C(O)C(O)C(O)CO)C3. The van der Waals surface area contributed by atoms with Crippen molar-refractivity contribution in [3.8, 4) is 5.75 Å². The Balaban J connectivity index is 1.80. The van der Waals surface area contributed by atoms with E-state index in [1.165, 1.54) is 6.07 Å². The van der Waals surface area contributed by atoms with E-state index >= 15 is 0 Å². The molecule has 11 heteroatoms. The van der Waals surface area contributed by atoms with E-state index in [4.69, 9.17) is 24.0 Å². The molecule has 1 aromatic carbocycles. The van der Waals surface area contributed by atoms with Crippen molar-refractivity contribution in [2.75, 3.05) is 19.8 Å². The number of aliphatic hydroxyl groups excluding tert-OH is 6. The summed E-state index contributed by atoms with van der Waals surface area (Å²) in [6, 6.07) is 3.05. The van der Waals surface area contributed by atoms with Crippen LogP contribution in [0.15, 0.2) is 21.3 Å². The second kappa shape index (κ2) is 10.7. The van der Waals surface area contributed by atoms with Gasteiger partial charge >= 0.3 is 0 Å². The molecule has 0 amide bonds. The van der Waals surface area contributed by atoms with Gasteiger partial charge in [0.1, 0.15) is 59.8 Å². The minimum absolute atomic E-state index is 0.174. The number of rotatable bonds is 10. The van der Waals surface area contributed by atoms with Gasteiger partial charge in [0, 0.05) is 31.1 Å². The maximum absolute atomic E-state index is 12.6. The van der Waals surface area contributed by atoms with Gasteiger partial charge in [-0.05, 0) is 32.4 Å². The second-order valence-electron chi connectivity index (χ2n) is 8.99. The Kier molecular flexibility index (Phi) is 8.32. The molecule has 2 aromatic rings. The minimum Gasteiger partial charge on any atom is -0.484 e. The summed E-state index contributed by atoms with van der Waals surface area (Å²) in [4.78, 5) is 23.1. The Morgan fingerprint density at radius 1 is 1.12 bits per heavy atom. The van der Waals surface area contributed by atoms with E-state index in [1.807, 2.05) is 0 Å². The molecule has 1 aromatic heterocycles. The van der Waals surface area contributed by atoms with Crippen LogP contribution in [0.25, 0.3) is 11.0 Å². The van der Waals surface area contributed by atoms with Crippen LogP contribution in [0, 0.1) is 6.92 Å². The Labute approximate surface area is 195 Å². The largest absolute Gasteiger partial charge is 0.484 e. The molecule has 1 aliphatic heterocycles. The van der Waals surface area contributed by atoms with Crippen molar-refractivity contribution in [2.24, 2.45) is 0 Å². The summed E-state index contributed by atoms with van der Waals surface area (Å²) in [5, 5.41) is 57.8. The first-order chi connectivity index (χ1) is 16.0. The monoisotopic (exact) mass is 484 g/mol. The van der Waals surface area contributed by atoms with Crippen LogP contribution in [0.4, 0.5) is 0 Å². The number of hydrogen-bond acceptors (Lipinski definition) is 11. The number of aliphatic hydroxyl groups is 6. The molecule has 0 aliphatic carbocycles. The average molecular weight is 484 g/mol. The maximum atomic E-state index is 12.6. The van der Waals surface area contributed by atoms with Crippen LogP contribution in [0.5, 0.6) is 5.75 Å². The summed E-state index contributed by atoms with van der Waals surface area (Å²) >= 11 is 0. The van der Waals surface area contributed by atoms with Crippen molar-refractivity contribution in [2.45, 2.75) is 69.7 Å². The molecule has 5 atom stereocenters. The zero-order chi connectivity index (χ0) is 25.2. The van der Waals surface area contributed by atoms with E-state index in [2.05, 4.69) is 0 Å². The number of ether oxygens (including phenoxy) is 1. The van der Waals surface area contributed by atoms with Gasteiger partial charge < -0.3 is 39.8 Å². The quantitative estimate of drug-likeness (QED) is 0.182. The van der Waals surface area contributed by atoms with Crippen LogP contribution in [0.2, 0.25) is 0 Å². The van der Waals surface area contributed by atoms with Crippen LogP contribution in [-0.2, 0) is 22.6 Å². The summed E-state index contributed by atoms with van der Waals surface area (Å²) < 4.78 is 12.0. The molecule has 1 aliphatic rings. The van der Waals surface area contributed by atoms with Crippen molar-refractivity contribution in [1.82, 2.24) is 0 Å². The third-order valence-corrected chi connectivity index (χ3v) is 5.92. The highest BCUT2D eigenvalue weighted by atomic mass is 17.2. The van der Waals surface area contributed by atoms with Crippen molar-refractivity contribution in [1.29, 1.82) is 0 Å². The maximum Gasteiger partial charge on any atom is 0.192 e. The Morgan fingerprint density at radius 3 is 2.44 bits per heavy atom. The van der Waals surface area contributed by atoms with Crippen molar-refractivity contribution >= 4 is 11.0 Å². The van der Waals surface area contributed by atoms with Gasteiger partial charge in [0.05, 0.1) is 12.0 Å². The number of benzene rings is 1. The van der Waals surface area contributed by atoms with Crippen molar-refractivity contribution < 1.29 is 49.6 Å². The summed E-state index contributed by atoms with van der Waals surface area (Å²) in [5.74, 6) is 0.940. The minimum atomic E-state index is -1.78. The van der Waals surface area contributed by atoms with Crippen molar-refractivity contribution in [3.05, 3.63) is 39.2 Å². The third-order valence-electron chi connectivity index (χ3n) is 5.92. The number of aryl methyl sites for hydroxylation is 1. The fourth-order valence-corrected chi connectivity index (χ4v) is 3.91. The Morgan fingerprint density at radius 2 is 1.79 bits per heavy atom. The normalized spacial score (nSPS) is 20.9. The van der Waals surface area contributed by atoms with Crippen LogP contribution in [-0.4, -0.2) is 86.6 Å². The fraction of sp³-hybridized carbons (Fsp3) is 0.609. The van der Waals surface area contributed by atoms with E-state index in [0.29, 0.717) is 33.6 Å². The lowest BCUT2D eigenvalue weighted by Gasteiger charge is -2.39. The lowest BCUT2D eigenvalue weighted by atomic mass is 9.88. The van der Waals surface area contributed by atoms with Gasteiger partial charge in [0.25, 0.3) is 0 Å². The van der Waals surface area contributed by atoms with Crippen LogP contribution in [0.1, 0.15) is 30.7 Å². The fourth-order valence-electron chi connectivity index (χ4n) is 3.91. The highest BCUT2D eigenvalue weighted by Gasteiger charge is 2.41. The molecule has 190 valence electrons. The lowest BCUT2D eigenvalue weighted by molar-refractivity contribution is -0.358. The van der Waals surface area contributed by atoms with Gasteiger partial charge in [-0.15, -0.1) is 0 Å². The van der Waals surface area contributed by atoms with Crippen LogP contribution < -0.4 is 10.2 Å². The van der Waals surface area contributed by atoms with E-state index in [9.17, 15) is 30.3 Å². The van der Waals surface area contributed by atoms with Gasteiger partial charge in [0.2, 0.25) is 0 Å². The number of hydrogen-bond donors (Lipinski definition) is 6. The predicted molar refractivity (Wildman–Crippen MR) is 118 cm³/mol. The molecule has 0 saturated heterocycles. The molecule has 0 radical (unpaired) electrons. The van der Waals surface area contributed by atoms with Crippen molar-refractivity contribution in [3.63, 3.8) is 0 Å². The van der Waals surface area contributed by atoms with Gasteiger partial charge in [-0.3, -0.25) is 4.79 Å². The Bertz CT molecular complexity index is 1050. The molecule has 0 spiro atoms. The first-order valence-corrected chi connectivity index (χ1v) is 11.0. The van der Waals surface area contributed by atoms with Crippen LogP contribution in [0.3, 0.4) is 0 Å². The first kappa shape index (κ1) is 26.5. The summed E-state index contributed by atoms with van der Waals surface area (Å²) in [6.07, 6.45) is -6.99. The van der Waals surface area contributed by atoms with E-state index in [0.717, 1.165) is 0 Å². The standard InChI is InChI=1S/C23H32O11/c1-11-6-15(26)14-7-12-8-18(34-31-10-17(28)20(30)19(29)16(27)9-25)23(2,3)33-21(12)13(4-5-24)22(14)32-11/h6-7,16-20,24-25,27-30H,4-5,8-10H2,1-3H3. The van der Waals surface area contributed by atoms with E-state index in [-0.39, 0.29) is 24.9 Å². The van der Waals surface area contributed by atoms with E-state index in [1.54, 1.807) is 26.8 Å². The van der Waals surface area contributed by atoms with Gasteiger partial charge in [-0.2, -0.15) is 0 Å². The third kappa shape index (κ3) is 5.42. The molecule has 5 unspecified atom stereocenters. The zero-order valence-electron chi connectivity index (χ0n) is 19.3. The molecule has 0 bridgehead atoms. The number of fused-ring (bicyclic) bond motifs is 2.